The van der Waals surface area contributed by atoms with E-state index in [9.17, 15) is 9.59 Å². The smallest absolute Gasteiger partial charge is 0.337 e. The van der Waals surface area contributed by atoms with Crippen LogP contribution in [0.15, 0.2) is 90.7 Å². The van der Waals surface area contributed by atoms with Crippen molar-refractivity contribution < 1.29 is 28.5 Å². The van der Waals surface area contributed by atoms with E-state index in [-0.39, 0.29) is 23.8 Å². The largest absolute Gasteiger partial charge is 0.504 e. The van der Waals surface area contributed by atoms with Crippen molar-refractivity contribution in [1.82, 2.24) is 4.90 Å². The molecule has 3 aromatic rings. The average molecular weight is 695 g/mol. The fraction of sp³-hybridized carbons (Fsp3) is 0.488. The summed E-state index contributed by atoms with van der Waals surface area (Å²) in [5.41, 5.74) is 3.36. The number of carbonyl (C=O) groups excluding carboxylic acids is 2. The maximum absolute atomic E-state index is 14.6. The van der Waals surface area contributed by atoms with E-state index in [1.54, 1.807) is 13.4 Å². The van der Waals surface area contributed by atoms with Crippen LogP contribution < -0.4 is 14.4 Å². The highest BCUT2D eigenvalue weighted by Crippen LogP contribution is 2.55. The number of rotatable bonds is 17. The van der Waals surface area contributed by atoms with Crippen molar-refractivity contribution in [3.63, 3.8) is 0 Å². The highest BCUT2D eigenvalue weighted by molar-refractivity contribution is 6.09. The van der Waals surface area contributed by atoms with Crippen LogP contribution in [0.4, 0.5) is 5.69 Å². The summed E-state index contributed by atoms with van der Waals surface area (Å²) in [5.74, 6) is 1.86. The molecule has 0 saturated carbocycles. The Morgan fingerprint density at radius 3 is 2.27 bits per heavy atom. The fourth-order valence-corrected chi connectivity index (χ4v) is 8.69. The Bertz CT molecular complexity index is 1620. The highest BCUT2D eigenvalue weighted by Gasteiger charge is 2.62. The normalized spacial score (nSPS) is 22.9. The van der Waals surface area contributed by atoms with Gasteiger partial charge in [0, 0.05) is 24.8 Å². The van der Waals surface area contributed by atoms with E-state index in [0.717, 1.165) is 106 Å². The van der Waals surface area contributed by atoms with Gasteiger partial charge < -0.3 is 23.8 Å². The molecule has 6 rings (SSSR count). The van der Waals surface area contributed by atoms with Crippen LogP contribution in [0.1, 0.15) is 75.8 Å². The Hall–Kier alpha value is -4.30. The van der Waals surface area contributed by atoms with Crippen molar-refractivity contribution in [3.8, 4) is 11.5 Å². The third-order valence-corrected chi connectivity index (χ3v) is 11.3. The number of hydrogen-bond acceptors (Lipinski definition) is 7. The minimum absolute atomic E-state index is 0.0247. The van der Waals surface area contributed by atoms with Crippen molar-refractivity contribution >= 4 is 17.6 Å². The van der Waals surface area contributed by atoms with Gasteiger partial charge in [0.2, 0.25) is 5.91 Å². The van der Waals surface area contributed by atoms with Crippen LogP contribution in [-0.2, 0) is 31.1 Å². The summed E-state index contributed by atoms with van der Waals surface area (Å²) in [7, 11) is 3.00. The van der Waals surface area contributed by atoms with Gasteiger partial charge in [0.15, 0.2) is 0 Å². The monoisotopic (exact) mass is 694 g/mol. The zero-order valence-electron chi connectivity index (χ0n) is 30.6. The van der Waals surface area contributed by atoms with Gasteiger partial charge in [0.25, 0.3) is 0 Å². The first-order valence-electron chi connectivity index (χ1n) is 18.9. The minimum Gasteiger partial charge on any atom is -0.504 e. The molecule has 3 aliphatic rings. The predicted molar refractivity (Wildman–Crippen MR) is 200 cm³/mol. The van der Waals surface area contributed by atoms with Crippen LogP contribution in [0, 0.1) is 11.8 Å². The van der Waals surface area contributed by atoms with Crippen LogP contribution in [0.2, 0.25) is 0 Å². The van der Waals surface area contributed by atoms with Crippen LogP contribution in [0.3, 0.4) is 0 Å². The molecular weight excluding hydrogens is 640 g/mol. The number of hydrogen-bond donors (Lipinski definition) is 0. The zero-order valence-corrected chi connectivity index (χ0v) is 30.6. The van der Waals surface area contributed by atoms with E-state index in [1.807, 2.05) is 42.5 Å². The Morgan fingerprint density at radius 1 is 0.863 bits per heavy atom. The van der Waals surface area contributed by atoms with Gasteiger partial charge in [-0.1, -0.05) is 87.6 Å². The number of ether oxygens (including phenoxy) is 4. The van der Waals surface area contributed by atoms with Gasteiger partial charge in [-0.3, -0.25) is 9.69 Å². The molecule has 3 aromatic carbocycles. The summed E-state index contributed by atoms with van der Waals surface area (Å²) in [6, 6.07) is 26.5. The molecule has 1 spiro atoms. The number of unbranched alkanes of at least 4 members (excludes halogenated alkanes) is 5. The SMILES string of the molecule is CC[C@H]1CN2CC[C@]3(C(=O)N(CCCCCCCCOc4ccc(OCc5ccccc5)cc4)c4ccccc43)C2C[C@@H]1/C(=C\OC)C(=O)OC. The predicted octanol–water partition coefficient (Wildman–Crippen LogP) is 8.09. The van der Waals surface area contributed by atoms with Crippen LogP contribution in [0.25, 0.3) is 0 Å². The third-order valence-electron chi connectivity index (χ3n) is 11.3. The standard InChI is InChI=1S/C43H54N2O6/c1-4-33-29-44-26-24-43(40(44)28-36(33)37(31-48-2)41(46)49-3)38-18-12-13-19-39(38)45(42(43)47)25-14-7-5-6-8-15-27-50-34-20-22-35(23-21-34)51-30-32-16-10-9-11-17-32/h9-13,16-23,31,33,36,40H,4-8,14-15,24-30H2,1-3H3/b37-31+/t33-,36-,40?,43+/m0/s1. The lowest BCUT2D eigenvalue weighted by molar-refractivity contribution is -0.137. The molecule has 3 heterocycles. The maximum atomic E-state index is 14.6. The lowest BCUT2D eigenvalue weighted by Gasteiger charge is -2.45. The van der Waals surface area contributed by atoms with Gasteiger partial charge in [0.05, 0.1) is 38.1 Å². The Kier molecular flexibility index (Phi) is 12.4. The number of piperidine rings is 1. The summed E-state index contributed by atoms with van der Waals surface area (Å²) in [6.07, 6.45) is 10.5. The zero-order chi connectivity index (χ0) is 35.6. The molecule has 3 aliphatic heterocycles. The Morgan fingerprint density at radius 2 is 1.55 bits per heavy atom. The van der Waals surface area contributed by atoms with Crippen LogP contribution >= 0.6 is 0 Å². The summed E-state index contributed by atoms with van der Waals surface area (Å²) < 4.78 is 22.4. The molecule has 4 atom stereocenters. The van der Waals surface area contributed by atoms with Gasteiger partial charge in [-0.2, -0.15) is 0 Å². The first-order chi connectivity index (χ1) is 25.0. The van der Waals surface area contributed by atoms with E-state index in [1.165, 1.54) is 7.11 Å². The lowest BCUT2D eigenvalue weighted by Crippen LogP contribution is -2.55. The van der Waals surface area contributed by atoms with Gasteiger partial charge in [0.1, 0.15) is 18.1 Å². The minimum atomic E-state index is -0.586. The number of amides is 1. The van der Waals surface area contributed by atoms with Crippen LogP contribution in [-0.4, -0.2) is 63.3 Å². The molecule has 0 aliphatic carbocycles. The van der Waals surface area contributed by atoms with Gasteiger partial charge in [-0.05, 0) is 85.5 Å². The number of methoxy groups -OCH3 is 2. The van der Waals surface area contributed by atoms with Gasteiger partial charge >= 0.3 is 5.97 Å². The highest BCUT2D eigenvalue weighted by atomic mass is 16.5. The van der Waals surface area contributed by atoms with E-state index < -0.39 is 5.41 Å². The lowest BCUT2D eigenvalue weighted by atomic mass is 9.67. The van der Waals surface area contributed by atoms with E-state index in [0.29, 0.717) is 24.7 Å². The summed E-state index contributed by atoms with van der Waals surface area (Å²) in [4.78, 5) is 32.1. The van der Waals surface area contributed by atoms with Crippen molar-refractivity contribution in [2.45, 2.75) is 82.8 Å². The quantitative estimate of drug-likeness (QED) is 0.0612. The second-order valence-electron chi connectivity index (χ2n) is 14.2. The topological polar surface area (TPSA) is 77.5 Å². The van der Waals surface area contributed by atoms with Crippen molar-refractivity contribution in [2.24, 2.45) is 11.8 Å². The molecule has 2 fully saturated rings. The summed E-state index contributed by atoms with van der Waals surface area (Å²) in [5, 5.41) is 0. The van der Waals surface area contributed by atoms with E-state index in [2.05, 4.69) is 53.1 Å². The summed E-state index contributed by atoms with van der Waals surface area (Å²) in [6.45, 7) is 5.92. The first kappa shape index (κ1) is 36.5. The van der Waals surface area contributed by atoms with Crippen LogP contribution in [0.5, 0.6) is 11.5 Å². The van der Waals surface area contributed by atoms with Crippen molar-refractivity contribution in [2.75, 3.05) is 45.4 Å². The molecule has 1 amide bonds. The molecule has 1 unspecified atom stereocenters. The number of fused-ring (bicyclic) bond motifs is 4. The average Bonchev–Trinajstić information content (AvgIpc) is 3.66. The van der Waals surface area contributed by atoms with E-state index >= 15 is 0 Å². The number of anilines is 1. The third kappa shape index (κ3) is 7.96. The Labute approximate surface area is 303 Å². The fourth-order valence-electron chi connectivity index (χ4n) is 8.69. The van der Waals surface area contributed by atoms with Gasteiger partial charge in [-0.15, -0.1) is 0 Å². The number of benzene rings is 3. The van der Waals surface area contributed by atoms with Gasteiger partial charge in [-0.25, -0.2) is 4.79 Å². The van der Waals surface area contributed by atoms with Crippen molar-refractivity contribution in [1.29, 1.82) is 0 Å². The summed E-state index contributed by atoms with van der Waals surface area (Å²) >= 11 is 0. The molecule has 0 radical (unpaired) electrons. The number of nitrogens with zero attached hydrogens (tertiary/aromatic N) is 2. The molecule has 0 N–H and O–H groups in total. The maximum Gasteiger partial charge on any atom is 0.337 e. The molecular formula is C43H54N2O6. The molecule has 8 nitrogen and oxygen atoms in total. The van der Waals surface area contributed by atoms with Crippen molar-refractivity contribution in [3.05, 3.63) is 102 Å². The number of carbonyl (C=O) groups is 2. The molecule has 51 heavy (non-hydrogen) atoms. The molecule has 2 saturated heterocycles. The first-order valence-corrected chi connectivity index (χ1v) is 18.9. The number of esters is 1. The molecule has 8 heteroatoms. The molecule has 0 bridgehead atoms. The molecule has 0 aromatic heterocycles. The second-order valence-corrected chi connectivity index (χ2v) is 14.2. The number of para-hydroxylation sites is 1. The second kappa shape index (κ2) is 17.3. The molecule has 272 valence electrons. The Balaban J connectivity index is 0.965. The van der Waals surface area contributed by atoms with E-state index in [4.69, 9.17) is 18.9 Å².